The van der Waals surface area contributed by atoms with Crippen molar-refractivity contribution in [2.45, 2.75) is 18.6 Å². The molecule has 1 aliphatic heterocycles. The molecule has 0 radical (unpaired) electrons. The second kappa shape index (κ2) is 7.48. The molecule has 2 atom stereocenters. The molecule has 3 N–H and O–H groups in total. The Hall–Kier alpha value is 0.190. The molecule has 14 heavy (non-hydrogen) atoms. The Kier molecular flexibility index (Phi) is 6.55. The van der Waals surface area contributed by atoms with E-state index in [0.717, 1.165) is 24.5 Å². The highest BCUT2D eigenvalue weighted by molar-refractivity contribution is 7.99. The molecule has 2 unspecified atom stereocenters. The third-order valence-corrected chi connectivity index (χ3v) is 3.22. The molecule has 1 aliphatic rings. The highest BCUT2D eigenvalue weighted by atomic mass is 32.2. The Morgan fingerprint density at radius 1 is 1.36 bits per heavy atom. The maximum Gasteiger partial charge on any atom is 0.0948 e. The zero-order valence-electron chi connectivity index (χ0n) is 8.32. The van der Waals surface area contributed by atoms with E-state index in [0.29, 0.717) is 13.2 Å². The van der Waals surface area contributed by atoms with Crippen LogP contribution in [0, 0.1) is 0 Å². The lowest BCUT2D eigenvalue weighted by molar-refractivity contribution is 0.122. The Bertz CT molecular complexity index is 148. The number of ether oxygens (including phenoxy) is 1. The van der Waals surface area contributed by atoms with Crippen LogP contribution in [0.2, 0.25) is 0 Å². The SMILES string of the molecule is OCCCSCCNC1COCC1O. The van der Waals surface area contributed by atoms with Crippen molar-refractivity contribution in [1.82, 2.24) is 5.32 Å². The summed E-state index contributed by atoms with van der Waals surface area (Å²) < 4.78 is 5.11. The molecule has 0 aromatic carbocycles. The molecule has 1 saturated heterocycles. The molecule has 84 valence electrons. The van der Waals surface area contributed by atoms with Crippen LogP contribution in [0.15, 0.2) is 0 Å². The molecule has 5 heteroatoms. The van der Waals surface area contributed by atoms with Crippen molar-refractivity contribution in [3.63, 3.8) is 0 Å². The van der Waals surface area contributed by atoms with Gasteiger partial charge in [0, 0.05) is 18.9 Å². The van der Waals surface area contributed by atoms with Gasteiger partial charge in [-0.1, -0.05) is 0 Å². The van der Waals surface area contributed by atoms with E-state index in [1.54, 1.807) is 0 Å². The number of thioether (sulfide) groups is 1. The maximum atomic E-state index is 9.40. The zero-order valence-corrected chi connectivity index (χ0v) is 9.13. The predicted molar refractivity (Wildman–Crippen MR) is 57.6 cm³/mol. The van der Waals surface area contributed by atoms with Crippen molar-refractivity contribution in [2.24, 2.45) is 0 Å². The summed E-state index contributed by atoms with van der Waals surface area (Å²) in [6.45, 7) is 2.23. The molecule has 0 aromatic heterocycles. The van der Waals surface area contributed by atoms with Gasteiger partial charge in [-0.05, 0) is 12.2 Å². The van der Waals surface area contributed by atoms with E-state index in [1.165, 1.54) is 0 Å². The molecule has 0 saturated carbocycles. The molecule has 1 fully saturated rings. The number of rotatable bonds is 7. The lowest BCUT2D eigenvalue weighted by Crippen LogP contribution is -2.39. The van der Waals surface area contributed by atoms with Crippen molar-refractivity contribution < 1.29 is 14.9 Å². The topological polar surface area (TPSA) is 61.7 Å². The van der Waals surface area contributed by atoms with E-state index in [2.05, 4.69) is 5.32 Å². The number of hydrogen-bond donors (Lipinski definition) is 3. The molecule has 0 spiro atoms. The Morgan fingerprint density at radius 3 is 2.86 bits per heavy atom. The van der Waals surface area contributed by atoms with E-state index in [-0.39, 0.29) is 18.8 Å². The minimum Gasteiger partial charge on any atom is -0.396 e. The van der Waals surface area contributed by atoms with Gasteiger partial charge in [-0.2, -0.15) is 11.8 Å². The third-order valence-electron chi connectivity index (χ3n) is 2.15. The fraction of sp³-hybridized carbons (Fsp3) is 1.00. The molecular formula is C9H19NO3S. The first-order chi connectivity index (χ1) is 6.84. The molecule has 0 bridgehead atoms. The summed E-state index contributed by atoms with van der Waals surface area (Å²) in [5.41, 5.74) is 0. The third kappa shape index (κ3) is 4.61. The fourth-order valence-corrected chi connectivity index (χ4v) is 2.12. The second-order valence-corrected chi connectivity index (χ2v) is 4.58. The van der Waals surface area contributed by atoms with Gasteiger partial charge in [0.1, 0.15) is 0 Å². The van der Waals surface area contributed by atoms with Crippen LogP contribution in [-0.2, 0) is 4.74 Å². The maximum absolute atomic E-state index is 9.40. The lowest BCUT2D eigenvalue weighted by atomic mass is 10.2. The Morgan fingerprint density at radius 2 is 2.21 bits per heavy atom. The van der Waals surface area contributed by atoms with Crippen molar-refractivity contribution in [3.05, 3.63) is 0 Å². The average Bonchev–Trinajstić information content (AvgIpc) is 2.58. The van der Waals surface area contributed by atoms with Gasteiger partial charge >= 0.3 is 0 Å². The van der Waals surface area contributed by atoms with Crippen LogP contribution in [0.5, 0.6) is 0 Å². The second-order valence-electron chi connectivity index (χ2n) is 3.35. The molecular weight excluding hydrogens is 202 g/mol. The monoisotopic (exact) mass is 221 g/mol. The highest BCUT2D eigenvalue weighted by Gasteiger charge is 2.24. The fourth-order valence-electron chi connectivity index (χ4n) is 1.32. The first-order valence-electron chi connectivity index (χ1n) is 5.02. The molecule has 1 heterocycles. The zero-order chi connectivity index (χ0) is 10.2. The summed E-state index contributed by atoms with van der Waals surface area (Å²) in [4.78, 5) is 0. The molecule has 1 rings (SSSR count). The lowest BCUT2D eigenvalue weighted by Gasteiger charge is -2.13. The van der Waals surface area contributed by atoms with Crippen LogP contribution in [0.3, 0.4) is 0 Å². The van der Waals surface area contributed by atoms with Gasteiger partial charge in [0.15, 0.2) is 0 Å². The van der Waals surface area contributed by atoms with Crippen molar-refractivity contribution >= 4 is 11.8 Å². The molecule has 4 nitrogen and oxygen atoms in total. The van der Waals surface area contributed by atoms with E-state index < -0.39 is 0 Å². The predicted octanol–water partition coefficient (Wildman–Crippen LogP) is -0.549. The average molecular weight is 221 g/mol. The van der Waals surface area contributed by atoms with Gasteiger partial charge in [-0.15, -0.1) is 0 Å². The van der Waals surface area contributed by atoms with Gasteiger partial charge in [0.25, 0.3) is 0 Å². The summed E-state index contributed by atoms with van der Waals surface area (Å²) >= 11 is 1.82. The van der Waals surface area contributed by atoms with E-state index in [4.69, 9.17) is 9.84 Å². The van der Waals surface area contributed by atoms with Crippen molar-refractivity contribution in [3.8, 4) is 0 Å². The first kappa shape index (κ1) is 12.3. The number of aliphatic hydroxyl groups is 2. The summed E-state index contributed by atoms with van der Waals surface area (Å²) in [5.74, 6) is 2.02. The van der Waals surface area contributed by atoms with Crippen LogP contribution < -0.4 is 5.32 Å². The number of nitrogens with one attached hydrogen (secondary N) is 1. The molecule has 0 aliphatic carbocycles. The van der Waals surface area contributed by atoms with E-state index in [1.807, 2.05) is 11.8 Å². The van der Waals surface area contributed by atoms with Gasteiger partial charge < -0.3 is 20.3 Å². The van der Waals surface area contributed by atoms with Gasteiger partial charge in [0.2, 0.25) is 0 Å². The Balaban J connectivity index is 1.88. The van der Waals surface area contributed by atoms with Crippen LogP contribution in [0.1, 0.15) is 6.42 Å². The van der Waals surface area contributed by atoms with Gasteiger partial charge in [-0.25, -0.2) is 0 Å². The van der Waals surface area contributed by atoms with Crippen molar-refractivity contribution in [1.29, 1.82) is 0 Å². The van der Waals surface area contributed by atoms with Gasteiger partial charge in [-0.3, -0.25) is 0 Å². The highest BCUT2D eigenvalue weighted by Crippen LogP contribution is 2.05. The van der Waals surface area contributed by atoms with Crippen molar-refractivity contribution in [2.75, 3.05) is 37.9 Å². The summed E-state index contributed by atoms with van der Waals surface area (Å²) in [6.07, 6.45) is 0.511. The van der Waals surface area contributed by atoms with E-state index in [9.17, 15) is 5.11 Å². The number of aliphatic hydroxyl groups excluding tert-OH is 2. The summed E-state index contributed by atoms with van der Waals surface area (Å²) in [5, 5.41) is 21.2. The summed E-state index contributed by atoms with van der Waals surface area (Å²) in [7, 11) is 0. The quantitative estimate of drug-likeness (QED) is 0.504. The Labute approximate surface area is 89.0 Å². The van der Waals surface area contributed by atoms with Crippen LogP contribution in [0.25, 0.3) is 0 Å². The van der Waals surface area contributed by atoms with Crippen LogP contribution >= 0.6 is 11.8 Å². The number of hydrogen-bond acceptors (Lipinski definition) is 5. The standard InChI is InChI=1S/C9H19NO3S/c11-3-1-4-14-5-2-10-8-6-13-7-9(8)12/h8-12H,1-7H2. The van der Waals surface area contributed by atoms with E-state index >= 15 is 0 Å². The smallest absolute Gasteiger partial charge is 0.0948 e. The van der Waals surface area contributed by atoms with Gasteiger partial charge in [0.05, 0.1) is 25.4 Å². The van der Waals surface area contributed by atoms with Crippen LogP contribution in [-0.4, -0.2) is 60.2 Å². The normalized spacial score (nSPS) is 27.0. The molecule has 0 amide bonds. The summed E-state index contributed by atoms with van der Waals surface area (Å²) in [6, 6.07) is 0.105. The minimum atomic E-state index is -0.350. The van der Waals surface area contributed by atoms with Crippen LogP contribution in [0.4, 0.5) is 0 Å². The largest absolute Gasteiger partial charge is 0.396 e. The minimum absolute atomic E-state index is 0.105. The first-order valence-corrected chi connectivity index (χ1v) is 6.18. The molecule has 0 aromatic rings.